The summed E-state index contributed by atoms with van der Waals surface area (Å²) in [5, 5.41) is 5.72. The van der Waals surface area contributed by atoms with Crippen molar-refractivity contribution in [2.75, 3.05) is 18.4 Å². The minimum absolute atomic E-state index is 0.0304. The molecular weight excluding hydrogens is 348 g/mol. The number of hydrogen-bond acceptors (Lipinski definition) is 4. The van der Waals surface area contributed by atoms with E-state index in [1.54, 1.807) is 0 Å². The van der Waals surface area contributed by atoms with Crippen LogP contribution in [0.1, 0.15) is 29.1 Å². The molecule has 4 N–H and O–H groups in total. The number of piperidine rings is 1. The van der Waals surface area contributed by atoms with Crippen LogP contribution in [0.4, 0.5) is 5.69 Å². The van der Waals surface area contributed by atoms with Crippen LogP contribution in [0.25, 0.3) is 0 Å². The van der Waals surface area contributed by atoms with Crippen molar-refractivity contribution in [2.45, 2.75) is 32.7 Å². The van der Waals surface area contributed by atoms with E-state index >= 15 is 0 Å². The van der Waals surface area contributed by atoms with Crippen molar-refractivity contribution in [1.82, 2.24) is 4.98 Å². The fourth-order valence-corrected chi connectivity index (χ4v) is 4.09. The summed E-state index contributed by atoms with van der Waals surface area (Å²) in [5.41, 5.74) is 8.38. The van der Waals surface area contributed by atoms with Crippen LogP contribution in [-0.2, 0) is 22.6 Å². The van der Waals surface area contributed by atoms with E-state index in [-0.39, 0.29) is 24.2 Å². The van der Waals surface area contributed by atoms with Gasteiger partial charge in [-0.05, 0) is 31.9 Å². The Hall–Kier alpha value is -2.25. The second kappa shape index (κ2) is 8.42. The Morgan fingerprint density at radius 2 is 2.12 bits per heavy atom. The van der Waals surface area contributed by atoms with E-state index < -0.39 is 0 Å². The number of primary amides is 1. The molecule has 1 aromatic heterocycles. The van der Waals surface area contributed by atoms with Gasteiger partial charge in [-0.3, -0.25) is 9.59 Å². The molecule has 1 aliphatic heterocycles. The van der Waals surface area contributed by atoms with E-state index in [4.69, 9.17) is 5.73 Å². The largest absolute Gasteiger partial charge is 0.369 e. The van der Waals surface area contributed by atoms with Gasteiger partial charge in [-0.25, -0.2) is 4.98 Å². The minimum Gasteiger partial charge on any atom is -0.369 e. The Morgan fingerprint density at radius 1 is 1.35 bits per heavy atom. The second-order valence-electron chi connectivity index (χ2n) is 6.95. The second-order valence-corrected chi connectivity index (χ2v) is 7.89. The molecular formula is C19H25N4O2S+. The first-order valence-electron chi connectivity index (χ1n) is 8.92. The predicted octanol–water partition coefficient (Wildman–Crippen LogP) is 0.913. The molecule has 7 heteroatoms. The molecule has 138 valence electrons. The standard InChI is InChI=1S/C19H24N4O2S/c1-13-4-6-15(7-5-13)21-17(24)9-18-22-16(12-26-18)11-23-8-2-3-14(10-23)19(20)25/h4-7,12,14H,2-3,8-11H2,1H3,(H2,20,25)(H,21,24)/p+1/t14-/m1/s1. The third kappa shape index (κ3) is 5.12. The molecule has 0 aliphatic carbocycles. The fraction of sp³-hybridized carbons (Fsp3) is 0.421. The van der Waals surface area contributed by atoms with Gasteiger partial charge < -0.3 is 16.0 Å². The summed E-state index contributed by atoms with van der Waals surface area (Å²) >= 11 is 1.51. The lowest BCUT2D eigenvalue weighted by molar-refractivity contribution is -0.921. The van der Waals surface area contributed by atoms with Crippen LogP contribution in [0.2, 0.25) is 0 Å². The molecule has 1 saturated heterocycles. The van der Waals surface area contributed by atoms with Gasteiger partial charge in [-0.15, -0.1) is 11.3 Å². The van der Waals surface area contributed by atoms with Crippen LogP contribution >= 0.6 is 11.3 Å². The number of aryl methyl sites for hydroxylation is 1. The molecule has 2 amide bonds. The maximum absolute atomic E-state index is 12.2. The maximum atomic E-state index is 12.2. The highest BCUT2D eigenvalue weighted by molar-refractivity contribution is 7.09. The molecule has 0 spiro atoms. The number of aromatic nitrogens is 1. The first-order chi connectivity index (χ1) is 12.5. The molecule has 2 atom stereocenters. The van der Waals surface area contributed by atoms with Gasteiger partial charge in [0.25, 0.3) is 0 Å². The molecule has 2 heterocycles. The highest BCUT2D eigenvalue weighted by Crippen LogP contribution is 2.13. The van der Waals surface area contributed by atoms with Gasteiger partial charge in [-0.2, -0.15) is 0 Å². The average molecular weight is 374 g/mol. The summed E-state index contributed by atoms with van der Waals surface area (Å²) < 4.78 is 0. The van der Waals surface area contributed by atoms with Crippen LogP contribution in [0, 0.1) is 12.8 Å². The first kappa shape index (κ1) is 18.5. The van der Waals surface area contributed by atoms with E-state index in [1.165, 1.54) is 16.2 Å². The molecule has 3 rings (SSSR count). The molecule has 26 heavy (non-hydrogen) atoms. The lowest BCUT2D eigenvalue weighted by Gasteiger charge is -2.27. The zero-order valence-electron chi connectivity index (χ0n) is 15.0. The number of nitrogens with one attached hydrogen (secondary N) is 2. The van der Waals surface area contributed by atoms with E-state index in [0.29, 0.717) is 0 Å². The highest BCUT2D eigenvalue weighted by Gasteiger charge is 2.27. The number of nitrogens with two attached hydrogens (primary N) is 1. The Morgan fingerprint density at radius 3 is 2.85 bits per heavy atom. The maximum Gasteiger partial charge on any atom is 0.231 e. The summed E-state index contributed by atoms with van der Waals surface area (Å²) in [4.78, 5) is 29.5. The van der Waals surface area contributed by atoms with Gasteiger partial charge in [0, 0.05) is 11.1 Å². The summed E-state index contributed by atoms with van der Waals surface area (Å²) in [6, 6.07) is 7.74. The smallest absolute Gasteiger partial charge is 0.231 e. The number of carbonyl (C=O) groups is 2. The van der Waals surface area contributed by atoms with Gasteiger partial charge in [0.15, 0.2) is 0 Å². The average Bonchev–Trinajstić information content (AvgIpc) is 3.04. The number of anilines is 1. The third-order valence-electron chi connectivity index (χ3n) is 4.70. The number of amides is 2. The van der Waals surface area contributed by atoms with E-state index in [2.05, 4.69) is 10.3 Å². The molecule has 1 aromatic carbocycles. The number of benzene rings is 1. The van der Waals surface area contributed by atoms with Crippen LogP contribution in [-0.4, -0.2) is 29.9 Å². The molecule has 1 aliphatic rings. The molecule has 6 nitrogen and oxygen atoms in total. The molecule has 1 unspecified atom stereocenters. The lowest BCUT2D eigenvalue weighted by Crippen LogP contribution is -3.12. The zero-order valence-corrected chi connectivity index (χ0v) is 15.8. The third-order valence-corrected chi connectivity index (χ3v) is 5.60. The number of carbonyl (C=O) groups excluding carboxylic acids is 2. The number of likely N-dealkylation sites (tertiary alicyclic amines) is 1. The summed E-state index contributed by atoms with van der Waals surface area (Å²) in [6.45, 7) is 4.60. The Labute approximate surface area is 157 Å². The number of quaternary nitrogens is 1. The molecule has 2 aromatic rings. The number of thiazole rings is 1. The summed E-state index contributed by atoms with van der Waals surface area (Å²) in [7, 11) is 0. The van der Waals surface area contributed by atoms with Crippen molar-refractivity contribution in [2.24, 2.45) is 11.7 Å². The van der Waals surface area contributed by atoms with Gasteiger partial charge in [-0.1, -0.05) is 17.7 Å². The highest BCUT2D eigenvalue weighted by atomic mass is 32.1. The fourth-order valence-electron chi connectivity index (χ4n) is 3.30. The van der Waals surface area contributed by atoms with Crippen molar-refractivity contribution < 1.29 is 14.5 Å². The van der Waals surface area contributed by atoms with Crippen molar-refractivity contribution >= 4 is 28.8 Å². The van der Waals surface area contributed by atoms with Crippen molar-refractivity contribution in [3.8, 4) is 0 Å². The molecule has 0 bridgehead atoms. The lowest BCUT2D eigenvalue weighted by atomic mass is 9.97. The normalized spacial score (nSPS) is 19.9. The Balaban J connectivity index is 1.52. The van der Waals surface area contributed by atoms with Crippen LogP contribution in [0.3, 0.4) is 0 Å². The molecule has 0 saturated carbocycles. The number of nitrogens with zero attached hydrogens (tertiary/aromatic N) is 1. The zero-order chi connectivity index (χ0) is 18.5. The van der Waals surface area contributed by atoms with Crippen LogP contribution in [0.5, 0.6) is 0 Å². The predicted molar refractivity (Wildman–Crippen MR) is 102 cm³/mol. The van der Waals surface area contributed by atoms with Crippen molar-refractivity contribution in [3.63, 3.8) is 0 Å². The van der Waals surface area contributed by atoms with Crippen molar-refractivity contribution in [3.05, 3.63) is 45.9 Å². The monoisotopic (exact) mass is 373 g/mol. The van der Waals surface area contributed by atoms with Gasteiger partial charge >= 0.3 is 0 Å². The van der Waals surface area contributed by atoms with Crippen molar-refractivity contribution in [1.29, 1.82) is 0 Å². The van der Waals surface area contributed by atoms with Gasteiger partial charge in [0.05, 0.1) is 25.4 Å². The molecule has 1 fully saturated rings. The Bertz CT molecular complexity index is 772. The SMILES string of the molecule is Cc1ccc(NC(=O)Cc2nc(C[NH+]3CCC[C@@H](C(N)=O)C3)cs2)cc1. The molecule has 0 radical (unpaired) electrons. The summed E-state index contributed by atoms with van der Waals surface area (Å²) in [5.74, 6) is -0.292. The first-order valence-corrected chi connectivity index (χ1v) is 9.80. The summed E-state index contributed by atoms with van der Waals surface area (Å²) in [6.07, 6.45) is 2.18. The Kier molecular flexibility index (Phi) is 6.00. The number of rotatable bonds is 6. The van der Waals surface area contributed by atoms with Crippen LogP contribution < -0.4 is 16.0 Å². The topological polar surface area (TPSA) is 89.5 Å². The van der Waals surface area contributed by atoms with E-state index in [0.717, 1.165) is 54.4 Å². The number of hydrogen-bond donors (Lipinski definition) is 3. The van der Waals surface area contributed by atoms with Gasteiger partial charge in [0.2, 0.25) is 11.8 Å². The quantitative estimate of drug-likeness (QED) is 0.703. The van der Waals surface area contributed by atoms with E-state index in [1.807, 2.05) is 36.6 Å². The van der Waals surface area contributed by atoms with Crippen LogP contribution in [0.15, 0.2) is 29.6 Å². The van der Waals surface area contributed by atoms with Gasteiger partial charge in [0.1, 0.15) is 17.2 Å². The van der Waals surface area contributed by atoms with E-state index in [9.17, 15) is 9.59 Å². The minimum atomic E-state index is -0.200.